The highest BCUT2D eigenvalue weighted by Crippen LogP contribution is 2.25. The van der Waals surface area contributed by atoms with Crippen LogP contribution in [0, 0.1) is 5.82 Å². The molecule has 2 heterocycles. The van der Waals surface area contributed by atoms with Crippen LogP contribution in [0.1, 0.15) is 25.0 Å². The van der Waals surface area contributed by atoms with E-state index in [4.69, 9.17) is 4.74 Å². The van der Waals surface area contributed by atoms with Crippen LogP contribution in [0.25, 0.3) is 10.9 Å². The average Bonchev–Trinajstić information content (AvgIpc) is 3.13. The Kier molecular flexibility index (Phi) is 5.92. The minimum Gasteiger partial charge on any atom is -0.373 e. The summed E-state index contributed by atoms with van der Waals surface area (Å²) in [4.78, 5) is 5.07. The summed E-state index contributed by atoms with van der Waals surface area (Å²) in [6, 6.07) is 12.2. The van der Waals surface area contributed by atoms with Gasteiger partial charge in [0.1, 0.15) is 10.7 Å². The monoisotopic (exact) mass is 431 g/mol. The molecule has 2 atom stereocenters. The first-order valence-electron chi connectivity index (χ1n) is 10.0. The molecule has 1 aliphatic rings. The summed E-state index contributed by atoms with van der Waals surface area (Å²) in [5, 5.41) is 0.0783. The van der Waals surface area contributed by atoms with E-state index >= 15 is 0 Å². The quantitative estimate of drug-likeness (QED) is 0.627. The number of fused-ring (bicyclic) bond motifs is 1. The molecule has 1 saturated heterocycles. The van der Waals surface area contributed by atoms with Crippen molar-refractivity contribution in [1.29, 1.82) is 0 Å². The lowest BCUT2D eigenvalue weighted by Gasteiger charge is -2.35. The Morgan fingerprint density at radius 3 is 2.53 bits per heavy atom. The van der Waals surface area contributed by atoms with Crippen molar-refractivity contribution in [2.75, 3.05) is 13.1 Å². The maximum atomic E-state index is 14.2. The fourth-order valence-electron chi connectivity index (χ4n) is 4.11. The molecular formula is C22H26FN3O3S. The summed E-state index contributed by atoms with van der Waals surface area (Å²) in [6.07, 6.45) is 1.66. The van der Waals surface area contributed by atoms with Gasteiger partial charge in [-0.25, -0.2) is 17.5 Å². The lowest BCUT2D eigenvalue weighted by molar-refractivity contribution is -0.0705. The van der Waals surface area contributed by atoms with E-state index in [2.05, 4.69) is 28.5 Å². The van der Waals surface area contributed by atoms with E-state index in [9.17, 15) is 12.8 Å². The number of sulfonamides is 1. The van der Waals surface area contributed by atoms with Gasteiger partial charge >= 0.3 is 0 Å². The van der Waals surface area contributed by atoms with Gasteiger partial charge in [-0.1, -0.05) is 30.3 Å². The Balaban J connectivity index is 1.52. The van der Waals surface area contributed by atoms with Gasteiger partial charge in [-0.15, -0.1) is 0 Å². The second kappa shape index (κ2) is 8.47. The van der Waals surface area contributed by atoms with Crippen molar-refractivity contribution in [2.24, 2.45) is 0 Å². The molecule has 160 valence electrons. The number of hydrogen-bond acceptors (Lipinski definition) is 4. The Labute approximate surface area is 176 Å². The second-order valence-corrected chi connectivity index (χ2v) is 9.60. The maximum absolute atomic E-state index is 14.2. The van der Waals surface area contributed by atoms with E-state index in [0.29, 0.717) is 5.52 Å². The van der Waals surface area contributed by atoms with Crippen LogP contribution in [0.4, 0.5) is 4.39 Å². The Bertz CT molecular complexity index is 1140. The molecule has 1 aliphatic heterocycles. The van der Waals surface area contributed by atoms with E-state index in [0.717, 1.165) is 30.8 Å². The Morgan fingerprint density at radius 2 is 1.80 bits per heavy atom. The highest BCUT2D eigenvalue weighted by molar-refractivity contribution is 7.89. The first-order chi connectivity index (χ1) is 14.3. The van der Waals surface area contributed by atoms with E-state index < -0.39 is 15.8 Å². The van der Waals surface area contributed by atoms with Crippen LogP contribution >= 0.6 is 0 Å². The van der Waals surface area contributed by atoms with Gasteiger partial charge in [0.2, 0.25) is 10.0 Å². The first-order valence-corrected chi connectivity index (χ1v) is 11.5. The van der Waals surface area contributed by atoms with Crippen LogP contribution in [0.5, 0.6) is 0 Å². The fraction of sp³-hybridized carbons (Fsp3) is 0.364. The maximum Gasteiger partial charge on any atom is 0.243 e. The SMILES string of the molecule is CC1CN(Cc2ccccc2CNS(=O)(=O)c2c[nH]c3cccc(F)c23)CC(C)O1. The predicted molar refractivity (Wildman–Crippen MR) is 114 cm³/mol. The molecule has 0 saturated carbocycles. The number of hydrogen-bond donors (Lipinski definition) is 2. The number of morpholine rings is 1. The van der Waals surface area contributed by atoms with Crippen LogP contribution in [-0.4, -0.2) is 43.6 Å². The molecular weight excluding hydrogens is 405 g/mol. The van der Waals surface area contributed by atoms with Gasteiger partial charge in [0.15, 0.2) is 0 Å². The van der Waals surface area contributed by atoms with Gasteiger partial charge in [-0.2, -0.15) is 0 Å². The molecule has 8 heteroatoms. The summed E-state index contributed by atoms with van der Waals surface area (Å²) < 4.78 is 48.5. The average molecular weight is 432 g/mol. The van der Waals surface area contributed by atoms with Crippen LogP contribution < -0.4 is 4.72 Å². The Hall–Kier alpha value is -2.26. The predicted octanol–water partition coefficient (Wildman–Crippen LogP) is 3.39. The second-order valence-electron chi connectivity index (χ2n) is 7.86. The summed E-state index contributed by atoms with van der Waals surface area (Å²) in [5.41, 5.74) is 2.41. The van der Waals surface area contributed by atoms with Gasteiger partial charge in [0, 0.05) is 37.9 Å². The standard InChI is InChI=1S/C22H26FN3O3S/c1-15-12-26(13-16(2)29-15)14-18-7-4-3-6-17(18)10-25-30(27,28)21-11-24-20-9-5-8-19(23)22(20)21/h3-9,11,15-16,24-25H,10,12-14H2,1-2H3. The van der Waals surface area contributed by atoms with Crippen LogP contribution in [0.2, 0.25) is 0 Å². The van der Waals surface area contributed by atoms with E-state index in [1.54, 1.807) is 12.1 Å². The van der Waals surface area contributed by atoms with E-state index in [1.807, 2.05) is 24.3 Å². The molecule has 6 nitrogen and oxygen atoms in total. The van der Waals surface area contributed by atoms with Gasteiger partial charge in [-0.05, 0) is 37.1 Å². The number of halogens is 1. The summed E-state index contributed by atoms with van der Waals surface area (Å²) in [7, 11) is -3.89. The molecule has 2 unspecified atom stereocenters. The van der Waals surface area contributed by atoms with Crippen LogP contribution in [0.15, 0.2) is 53.6 Å². The molecule has 1 fully saturated rings. The van der Waals surface area contributed by atoms with Crippen molar-refractivity contribution in [2.45, 2.75) is 44.0 Å². The molecule has 0 radical (unpaired) electrons. The van der Waals surface area contributed by atoms with Crippen molar-refractivity contribution >= 4 is 20.9 Å². The molecule has 0 spiro atoms. The van der Waals surface area contributed by atoms with Crippen molar-refractivity contribution in [3.8, 4) is 0 Å². The van der Waals surface area contributed by atoms with Gasteiger partial charge in [0.05, 0.1) is 17.6 Å². The molecule has 0 aliphatic carbocycles. The fourth-order valence-corrected chi connectivity index (χ4v) is 5.30. The molecule has 2 aromatic carbocycles. The third kappa shape index (κ3) is 4.41. The van der Waals surface area contributed by atoms with Crippen molar-refractivity contribution in [1.82, 2.24) is 14.6 Å². The summed E-state index contributed by atoms with van der Waals surface area (Å²) in [6.45, 7) is 6.64. The number of ether oxygens (including phenoxy) is 1. The number of nitrogens with zero attached hydrogens (tertiary/aromatic N) is 1. The highest BCUT2D eigenvalue weighted by Gasteiger charge is 2.24. The number of rotatable bonds is 6. The molecule has 2 N–H and O–H groups in total. The van der Waals surface area contributed by atoms with E-state index in [1.165, 1.54) is 12.3 Å². The lowest BCUT2D eigenvalue weighted by Crippen LogP contribution is -2.45. The Morgan fingerprint density at radius 1 is 1.10 bits per heavy atom. The van der Waals surface area contributed by atoms with Crippen molar-refractivity contribution in [3.05, 3.63) is 65.6 Å². The zero-order valence-electron chi connectivity index (χ0n) is 17.1. The van der Waals surface area contributed by atoms with Crippen molar-refractivity contribution < 1.29 is 17.5 Å². The summed E-state index contributed by atoms with van der Waals surface area (Å²) in [5.74, 6) is -0.565. The van der Waals surface area contributed by atoms with Gasteiger partial charge in [-0.3, -0.25) is 4.90 Å². The zero-order valence-corrected chi connectivity index (χ0v) is 17.9. The largest absolute Gasteiger partial charge is 0.373 e. The smallest absolute Gasteiger partial charge is 0.243 e. The molecule has 1 aromatic heterocycles. The number of benzene rings is 2. The van der Waals surface area contributed by atoms with Crippen LogP contribution in [-0.2, 0) is 27.8 Å². The minimum atomic E-state index is -3.89. The topological polar surface area (TPSA) is 74.4 Å². The van der Waals surface area contributed by atoms with Gasteiger partial charge in [0.25, 0.3) is 0 Å². The van der Waals surface area contributed by atoms with Gasteiger partial charge < -0.3 is 9.72 Å². The molecule has 0 bridgehead atoms. The highest BCUT2D eigenvalue weighted by atomic mass is 32.2. The number of nitrogens with one attached hydrogen (secondary N) is 2. The van der Waals surface area contributed by atoms with Crippen LogP contribution in [0.3, 0.4) is 0 Å². The molecule has 30 heavy (non-hydrogen) atoms. The zero-order chi connectivity index (χ0) is 21.3. The first kappa shape index (κ1) is 21.0. The lowest BCUT2D eigenvalue weighted by atomic mass is 10.1. The van der Waals surface area contributed by atoms with Crippen molar-refractivity contribution in [3.63, 3.8) is 0 Å². The molecule has 4 rings (SSSR count). The van der Waals surface area contributed by atoms with E-state index in [-0.39, 0.29) is 29.0 Å². The number of aromatic amines is 1. The third-order valence-corrected chi connectivity index (χ3v) is 6.79. The molecule has 0 amide bonds. The normalized spacial score (nSPS) is 20.6. The number of aromatic nitrogens is 1. The summed E-state index contributed by atoms with van der Waals surface area (Å²) >= 11 is 0. The molecule has 3 aromatic rings. The minimum absolute atomic E-state index is 0.0783. The third-order valence-electron chi connectivity index (χ3n) is 5.37. The number of H-pyrrole nitrogens is 1.